The lowest BCUT2D eigenvalue weighted by molar-refractivity contribution is -0.134. The summed E-state index contributed by atoms with van der Waals surface area (Å²) in [5, 5.41) is 0. The number of rotatable bonds is 12. The van der Waals surface area contributed by atoms with E-state index >= 15 is 0 Å². The fourth-order valence-electron chi connectivity index (χ4n) is 2.44. The summed E-state index contributed by atoms with van der Waals surface area (Å²) in [7, 11) is 0. The summed E-state index contributed by atoms with van der Waals surface area (Å²) < 4.78 is 0. The molecule has 0 aromatic heterocycles. The monoisotopic (exact) mass is 310 g/mol. The second kappa shape index (κ2) is 10.7. The van der Waals surface area contributed by atoms with E-state index < -0.39 is 5.92 Å². The average molecular weight is 310 g/mol. The number of hydrogen-bond acceptors (Lipinski definition) is 3. The van der Waals surface area contributed by atoms with Gasteiger partial charge in [-0.3, -0.25) is 14.4 Å². The van der Waals surface area contributed by atoms with Gasteiger partial charge in [0.2, 0.25) is 0 Å². The first kappa shape index (κ1) is 21.0. The molecule has 128 valence electrons. The summed E-state index contributed by atoms with van der Waals surface area (Å²) >= 11 is 0. The van der Waals surface area contributed by atoms with E-state index in [1.807, 2.05) is 27.7 Å². The minimum absolute atomic E-state index is 0.0755. The van der Waals surface area contributed by atoms with Crippen molar-refractivity contribution < 1.29 is 14.4 Å². The van der Waals surface area contributed by atoms with E-state index in [1.54, 1.807) is 0 Å². The molecule has 0 N–H and O–H groups in total. The van der Waals surface area contributed by atoms with E-state index in [1.165, 1.54) is 0 Å². The zero-order valence-corrected chi connectivity index (χ0v) is 15.3. The SMILES string of the molecule is CCC(C)C(=O)C(CC(=O)CCCC(C)C)CC(=O)C(C)C. The summed E-state index contributed by atoms with van der Waals surface area (Å²) in [6.45, 7) is 11.8. The van der Waals surface area contributed by atoms with Gasteiger partial charge in [-0.05, 0) is 18.8 Å². The Hall–Kier alpha value is -0.990. The second-order valence-electron chi connectivity index (χ2n) is 7.26. The quantitative estimate of drug-likeness (QED) is 0.528. The zero-order valence-electron chi connectivity index (χ0n) is 15.3. The highest BCUT2D eigenvalue weighted by molar-refractivity contribution is 5.93. The van der Waals surface area contributed by atoms with Gasteiger partial charge in [0, 0.05) is 37.0 Å². The first-order valence-corrected chi connectivity index (χ1v) is 8.77. The molecule has 0 saturated carbocycles. The summed E-state index contributed by atoms with van der Waals surface area (Å²) in [6.07, 6.45) is 3.64. The molecular weight excluding hydrogens is 276 g/mol. The van der Waals surface area contributed by atoms with E-state index in [9.17, 15) is 14.4 Å². The first-order chi connectivity index (χ1) is 10.2. The van der Waals surface area contributed by atoms with Crippen molar-refractivity contribution >= 4 is 17.3 Å². The molecule has 0 aliphatic carbocycles. The second-order valence-corrected chi connectivity index (χ2v) is 7.26. The first-order valence-electron chi connectivity index (χ1n) is 8.77. The lowest BCUT2D eigenvalue weighted by Gasteiger charge is -2.19. The molecule has 0 radical (unpaired) electrons. The molecule has 0 spiro atoms. The Bertz CT molecular complexity index is 369. The highest BCUT2D eigenvalue weighted by atomic mass is 16.1. The lowest BCUT2D eigenvalue weighted by atomic mass is 9.83. The van der Waals surface area contributed by atoms with Gasteiger partial charge in [-0.15, -0.1) is 0 Å². The van der Waals surface area contributed by atoms with E-state index in [-0.39, 0.29) is 42.0 Å². The molecule has 0 heterocycles. The molecule has 0 amide bonds. The Balaban J connectivity index is 4.67. The summed E-state index contributed by atoms with van der Waals surface area (Å²) in [5.41, 5.74) is 0. The van der Waals surface area contributed by atoms with Gasteiger partial charge in [0.05, 0.1) is 0 Å². The van der Waals surface area contributed by atoms with Gasteiger partial charge in [0.25, 0.3) is 0 Å². The van der Waals surface area contributed by atoms with Crippen molar-refractivity contribution in [2.75, 3.05) is 0 Å². The molecule has 22 heavy (non-hydrogen) atoms. The van der Waals surface area contributed by atoms with Crippen molar-refractivity contribution in [3.63, 3.8) is 0 Å². The standard InChI is InChI=1S/C19H34O3/c1-7-15(6)19(22)16(12-18(21)14(4)5)11-17(20)10-8-9-13(2)3/h13-16H,7-12H2,1-6H3. The van der Waals surface area contributed by atoms with E-state index in [0.717, 1.165) is 19.3 Å². The van der Waals surface area contributed by atoms with Crippen molar-refractivity contribution in [1.82, 2.24) is 0 Å². The summed E-state index contributed by atoms with van der Waals surface area (Å²) in [5.74, 6) is 0.296. The maximum atomic E-state index is 12.4. The van der Waals surface area contributed by atoms with E-state index in [0.29, 0.717) is 12.3 Å². The van der Waals surface area contributed by atoms with Crippen molar-refractivity contribution in [3.05, 3.63) is 0 Å². The van der Waals surface area contributed by atoms with Crippen LogP contribution < -0.4 is 0 Å². The molecule has 2 unspecified atom stereocenters. The van der Waals surface area contributed by atoms with Crippen molar-refractivity contribution in [3.8, 4) is 0 Å². The maximum Gasteiger partial charge on any atom is 0.139 e. The molecular formula is C19H34O3. The van der Waals surface area contributed by atoms with Gasteiger partial charge in [-0.1, -0.05) is 48.0 Å². The van der Waals surface area contributed by atoms with E-state index in [4.69, 9.17) is 0 Å². The van der Waals surface area contributed by atoms with Crippen LogP contribution in [0.5, 0.6) is 0 Å². The van der Waals surface area contributed by atoms with Gasteiger partial charge in [0.15, 0.2) is 0 Å². The van der Waals surface area contributed by atoms with Gasteiger partial charge >= 0.3 is 0 Å². The third kappa shape index (κ3) is 8.45. The fraction of sp³-hybridized carbons (Fsp3) is 0.842. The number of carbonyl (C=O) groups is 3. The minimum atomic E-state index is -0.420. The number of hydrogen-bond donors (Lipinski definition) is 0. The lowest BCUT2D eigenvalue weighted by Crippen LogP contribution is -2.27. The van der Waals surface area contributed by atoms with Gasteiger partial charge in [-0.25, -0.2) is 0 Å². The zero-order chi connectivity index (χ0) is 17.3. The Morgan fingerprint density at radius 2 is 1.50 bits per heavy atom. The van der Waals surface area contributed by atoms with Crippen LogP contribution in [0.15, 0.2) is 0 Å². The number of ketones is 3. The highest BCUT2D eigenvalue weighted by Crippen LogP contribution is 2.21. The predicted octanol–water partition coefficient (Wildman–Crippen LogP) is 4.62. The van der Waals surface area contributed by atoms with Crippen LogP contribution in [0, 0.1) is 23.7 Å². The highest BCUT2D eigenvalue weighted by Gasteiger charge is 2.28. The third-order valence-corrected chi connectivity index (χ3v) is 4.30. The van der Waals surface area contributed by atoms with Gasteiger partial charge in [0.1, 0.15) is 17.3 Å². The summed E-state index contributed by atoms with van der Waals surface area (Å²) in [4.78, 5) is 36.6. The Morgan fingerprint density at radius 1 is 0.909 bits per heavy atom. The van der Waals surface area contributed by atoms with Crippen LogP contribution in [0.2, 0.25) is 0 Å². The summed E-state index contributed by atoms with van der Waals surface area (Å²) in [6, 6.07) is 0. The van der Waals surface area contributed by atoms with Crippen molar-refractivity contribution in [2.45, 2.75) is 80.1 Å². The van der Waals surface area contributed by atoms with Crippen LogP contribution in [-0.4, -0.2) is 17.3 Å². The minimum Gasteiger partial charge on any atom is -0.300 e. The van der Waals surface area contributed by atoms with Crippen LogP contribution in [0.3, 0.4) is 0 Å². The largest absolute Gasteiger partial charge is 0.300 e. The smallest absolute Gasteiger partial charge is 0.139 e. The Labute approximate surface area is 136 Å². The molecule has 3 heteroatoms. The topological polar surface area (TPSA) is 51.2 Å². The number of carbonyl (C=O) groups excluding carboxylic acids is 3. The normalized spacial score (nSPS) is 14.2. The molecule has 3 nitrogen and oxygen atoms in total. The molecule has 0 aliphatic heterocycles. The molecule has 0 aromatic rings. The molecule has 2 atom stereocenters. The predicted molar refractivity (Wildman–Crippen MR) is 90.7 cm³/mol. The molecule has 0 saturated heterocycles. The molecule has 0 rings (SSSR count). The average Bonchev–Trinajstić information content (AvgIpc) is 2.44. The van der Waals surface area contributed by atoms with Crippen LogP contribution in [0.4, 0.5) is 0 Å². The fourth-order valence-corrected chi connectivity index (χ4v) is 2.44. The molecule has 0 aliphatic rings. The molecule has 0 bridgehead atoms. The Kier molecular flexibility index (Phi) is 10.2. The molecule has 0 aromatic carbocycles. The van der Waals surface area contributed by atoms with Crippen LogP contribution >= 0.6 is 0 Å². The molecule has 0 fully saturated rings. The van der Waals surface area contributed by atoms with Gasteiger partial charge < -0.3 is 0 Å². The third-order valence-electron chi connectivity index (χ3n) is 4.30. The Morgan fingerprint density at radius 3 is 1.95 bits per heavy atom. The maximum absolute atomic E-state index is 12.4. The van der Waals surface area contributed by atoms with E-state index in [2.05, 4.69) is 13.8 Å². The van der Waals surface area contributed by atoms with Crippen molar-refractivity contribution in [1.29, 1.82) is 0 Å². The van der Waals surface area contributed by atoms with Crippen LogP contribution in [0.1, 0.15) is 80.1 Å². The van der Waals surface area contributed by atoms with Crippen LogP contribution in [-0.2, 0) is 14.4 Å². The van der Waals surface area contributed by atoms with Gasteiger partial charge in [-0.2, -0.15) is 0 Å². The number of Topliss-reactive ketones (excluding diaryl/α,β-unsaturated/α-hetero) is 3. The van der Waals surface area contributed by atoms with Crippen molar-refractivity contribution in [2.24, 2.45) is 23.7 Å². The van der Waals surface area contributed by atoms with Crippen LogP contribution in [0.25, 0.3) is 0 Å².